The van der Waals surface area contributed by atoms with Crippen LogP contribution < -0.4 is 10.2 Å². The number of amides is 1. The van der Waals surface area contributed by atoms with Gasteiger partial charge < -0.3 is 19.9 Å². The number of fused-ring (bicyclic) bond motifs is 1. The first kappa shape index (κ1) is 22.6. The van der Waals surface area contributed by atoms with Gasteiger partial charge in [-0.05, 0) is 67.3 Å². The second kappa shape index (κ2) is 9.56. The van der Waals surface area contributed by atoms with E-state index in [9.17, 15) is 4.79 Å². The number of carbonyl (C=O) groups is 1. The van der Waals surface area contributed by atoms with Crippen molar-refractivity contribution in [3.63, 3.8) is 0 Å². The molecule has 0 bridgehead atoms. The van der Waals surface area contributed by atoms with Crippen LogP contribution in [0, 0.1) is 0 Å². The van der Waals surface area contributed by atoms with Gasteiger partial charge in [0.2, 0.25) is 0 Å². The summed E-state index contributed by atoms with van der Waals surface area (Å²) < 4.78 is 7.78. The van der Waals surface area contributed by atoms with Crippen molar-refractivity contribution < 1.29 is 9.53 Å². The number of H-pyrrole nitrogens is 1. The lowest BCUT2D eigenvalue weighted by atomic mass is 10.0. The Kier molecular flexibility index (Phi) is 6.34. The van der Waals surface area contributed by atoms with Crippen LogP contribution in [0.15, 0.2) is 60.9 Å². The van der Waals surface area contributed by atoms with Crippen molar-refractivity contribution in [2.45, 2.75) is 32.6 Å². The smallest absolute Gasteiger partial charge is 0.253 e. The number of aromatic nitrogens is 3. The third-order valence-corrected chi connectivity index (χ3v) is 6.70. The SMILES string of the molecule is CSn1ccc(C(=O)NCc2nc3ccc(-c4cccc(N5CC(C)OC(C)C5)c4)cc3[nH]2)c1. The van der Waals surface area contributed by atoms with Crippen LogP contribution >= 0.6 is 11.9 Å². The van der Waals surface area contributed by atoms with Gasteiger partial charge in [0.1, 0.15) is 5.82 Å². The number of ether oxygens (including phenoxy) is 1. The lowest BCUT2D eigenvalue weighted by Gasteiger charge is -2.37. The van der Waals surface area contributed by atoms with Crippen LogP contribution in [0.25, 0.3) is 22.2 Å². The van der Waals surface area contributed by atoms with Gasteiger partial charge in [0.25, 0.3) is 5.91 Å². The van der Waals surface area contributed by atoms with Gasteiger partial charge in [-0.3, -0.25) is 8.77 Å². The summed E-state index contributed by atoms with van der Waals surface area (Å²) in [5.41, 5.74) is 5.97. The summed E-state index contributed by atoms with van der Waals surface area (Å²) in [6, 6.07) is 16.7. The van der Waals surface area contributed by atoms with Crippen LogP contribution in [0.5, 0.6) is 0 Å². The first-order valence-corrected chi connectivity index (χ1v) is 12.7. The van der Waals surface area contributed by atoms with E-state index in [2.05, 4.69) is 70.4 Å². The highest BCUT2D eigenvalue weighted by atomic mass is 32.2. The number of morpholine rings is 1. The van der Waals surface area contributed by atoms with Crippen molar-refractivity contribution in [1.82, 2.24) is 19.3 Å². The Balaban J connectivity index is 1.31. The number of rotatable bonds is 6. The topological polar surface area (TPSA) is 75.2 Å². The second-order valence-corrected chi connectivity index (χ2v) is 9.54. The number of nitrogens with zero attached hydrogens (tertiary/aromatic N) is 3. The number of hydrogen-bond acceptors (Lipinski definition) is 5. The van der Waals surface area contributed by atoms with Gasteiger partial charge >= 0.3 is 0 Å². The minimum absolute atomic E-state index is 0.113. The summed E-state index contributed by atoms with van der Waals surface area (Å²) in [5, 5.41) is 2.94. The molecule has 34 heavy (non-hydrogen) atoms. The van der Waals surface area contributed by atoms with E-state index in [1.807, 2.05) is 34.8 Å². The molecule has 4 aromatic rings. The Hall–Kier alpha value is -3.23. The van der Waals surface area contributed by atoms with Crippen molar-refractivity contribution in [1.29, 1.82) is 0 Å². The van der Waals surface area contributed by atoms with Crippen molar-refractivity contribution in [3.05, 3.63) is 72.3 Å². The quantitative estimate of drug-likeness (QED) is 0.423. The minimum atomic E-state index is -0.113. The predicted molar refractivity (Wildman–Crippen MR) is 138 cm³/mol. The maximum atomic E-state index is 12.4. The zero-order chi connectivity index (χ0) is 23.7. The van der Waals surface area contributed by atoms with E-state index in [1.54, 1.807) is 11.9 Å². The third kappa shape index (κ3) is 4.83. The highest BCUT2D eigenvalue weighted by molar-refractivity contribution is 7.97. The van der Waals surface area contributed by atoms with Crippen LogP contribution in [0.4, 0.5) is 5.69 Å². The first-order valence-electron chi connectivity index (χ1n) is 11.5. The van der Waals surface area contributed by atoms with E-state index >= 15 is 0 Å². The summed E-state index contributed by atoms with van der Waals surface area (Å²) in [6.07, 6.45) is 6.09. The van der Waals surface area contributed by atoms with Crippen LogP contribution in [-0.2, 0) is 11.3 Å². The van der Waals surface area contributed by atoms with Crippen LogP contribution in [0.1, 0.15) is 30.0 Å². The molecule has 1 amide bonds. The molecule has 1 aliphatic rings. The van der Waals surface area contributed by atoms with E-state index in [0.29, 0.717) is 12.1 Å². The molecule has 176 valence electrons. The fourth-order valence-corrected chi connectivity index (χ4v) is 4.89. The summed E-state index contributed by atoms with van der Waals surface area (Å²) in [6.45, 7) is 6.38. The molecule has 0 aliphatic carbocycles. The average molecular weight is 476 g/mol. The number of benzene rings is 2. The molecule has 1 fully saturated rings. The van der Waals surface area contributed by atoms with Gasteiger partial charge in [-0.25, -0.2) is 4.98 Å². The molecule has 2 aromatic heterocycles. The number of carbonyl (C=O) groups excluding carboxylic acids is 1. The van der Waals surface area contributed by atoms with Crippen LogP contribution in [0.3, 0.4) is 0 Å². The van der Waals surface area contributed by atoms with E-state index in [-0.39, 0.29) is 18.1 Å². The predicted octanol–water partition coefficient (Wildman–Crippen LogP) is 4.70. The monoisotopic (exact) mass is 475 g/mol. The molecular formula is C26H29N5O2S. The third-order valence-electron chi connectivity index (χ3n) is 6.05. The second-order valence-electron chi connectivity index (χ2n) is 8.75. The number of aromatic amines is 1. The number of hydrogen-bond donors (Lipinski definition) is 2. The molecule has 2 unspecified atom stereocenters. The Morgan fingerprint density at radius 2 is 1.94 bits per heavy atom. The molecule has 5 rings (SSSR count). The van der Waals surface area contributed by atoms with Gasteiger partial charge in [0, 0.05) is 37.4 Å². The van der Waals surface area contributed by atoms with Gasteiger partial charge in [-0.2, -0.15) is 0 Å². The zero-order valence-electron chi connectivity index (χ0n) is 19.6. The fraction of sp³-hybridized carbons (Fsp3) is 0.308. The molecule has 2 N–H and O–H groups in total. The first-order chi connectivity index (χ1) is 16.5. The van der Waals surface area contributed by atoms with E-state index < -0.39 is 0 Å². The molecule has 0 saturated carbocycles. The van der Waals surface area contributed by atoms with Gasteiger partial charge in [-0.1, -0.05) is 18.2 Å². The Morgan fingerprint density at radius 3 is 2.71 bits per heavy atom. The number of imidazole rings is 1. The van der Waals surface area contributed by atoms with E-state index in [4.69, 9.17) is 4.74 Å². The number of anilines is 1. The van der Waals surface area contributed by atoms with Crippen LogP contribution in [-0.4, -0.2) is 51.4 Å². The molecule has 2 atom stereocenters. The van der Waals surface area contributed by atoms with E-state index in [0.717, 1.165) is 41.1 Å². The van der Waals surface area contributed by atoms with Crippen molar-refractivity contribution in [2.24, 2.45) is 0 Å². The molecule has 2 aromatic carbocycles. The maximum absolute atomic E-state index is 12.4. The van der Waals surface area contributed by atoms with Gasteiger partial charge in [-0.15, -0.1) is 0 Å². The zero-order valence-corrected chi connectivity index (χ0v) is 20.4. The van der Waals surface area contributed by atoms with Crippen molar-refractivity contribution in [2.75, 3.05) is 24.2 Å². The van der Waals surface area contributed by atoms with E-state index in [1.165, 1.54) is 5.69 Å². The molecule has 0 radical (unpaired) electrons. The Bertz CT molecular complexity index is 1300. The molecular weight excluding hydrogens is 446 g/mol. The molecule has 0 spiro atoms. The van der Waals surface area contributed by atoms with Gasteiger partial charge in [0.05, 0.1) is 35.3 Å². The average Bonchev–Trinajstić information content (AvgIpc) is 3.48. The van der Waals surface area contributed by atoms with Crippen molar-refractivity contribution in [3.8, 4) is 11.1 Å². The normalized spacial score (nSPS) is 18.4. The molecule has 1 aliphatic heterocycles. The summed E-state index contributed by atoms with van der Waals surface area (Å²) in [4.78, 5) is 22.8. The minimum Gasteiger partial charge on any atom is -0.372 e. The van der Waals surface area contributed by atoms with Crippen LogP contribution in [0.2, 0.25) is 0 Å². The maximum Gasteiger partial charge on any atom is 0.253 e. The highest BCUT2D eigenvalue weighted by Crippen LogP contribution is 2.28. The standard InChI is InChI=1S/C26H29N5O2S/c1-17-14-30(15-18(2)33-17)22-6-4-5-19(11-22)20-7-8-23-24(12-20)29-25(28-23)13-27-26(32)21-9-10-31(16-21)34-3/h4-12,16-18H,13-15H2,1-3H3,(H,27,32)(H,28,29). The lowest BCUT2D eigenvalue weighted by Crippen LogP contribution is -2.45. The Morgan fingerprint density at radius 1 is 1.15 bits per heavy atom. The molecule has 7 nitrogen and oxygen atoms in total. The lowest BCUT2D eigenvalue weighted by molar-refractivity contribution is -0.00521. The Labute approximate surface area is 203 Å². The molecule has 8 heteroatoms. The fourth-order valence-electron chi connectivity index (χ4n) is 4.49. The van der Waals surface area contributed by atoms with Gasteiger partial charge in [0.15, 0.2) is 0 Å². The van der Waals surface area contributed by atoms with Crippen molar-refractivity contribution >= 4 is 34.6 Å². The molecule has 1 saturated heterocycles. The largest absolute Gasteiger partial charge is 0.372 e. The number of nitrogens with one attached hydrogen (secondary N) is 2. The highest BCUT2D eigenvalue weighted by Gasteiger charge is 2.22. The summed E-state index contributed by atoms with van der Waals surface area (Å²) in [5.74, 6) is 0.618. The molecule has 3 heterocycles. The summed E-state index contributed by atoms with van der Waals surface area (Å²) >= 11 is 1.54. The summed E-state index contributed by atoms with van der Waals surface area (Å²) in [7, 11) is 0.